The first kappa shape index (κ1) is 19.7. The number of nitrogens with one attached hydrogen (secondary N) is 1. The molecule has 1 fully saturated rings. The van der Waals surface area contributed by atoms with Crippen LogP contribution in [0.4, 0.5) is 10.1 Å². The molecular formula is C23H25FN4O3. The third-order valence-corrected chi connectivity index (χ3v) is 6.07. The average molecular weight is 424 g/mol. The van der Waals surface area contributed by atoms with E-state index >= 15 is 0 Å². The van der Waals surface area contributed by atoms with Gasteiger partial charge in [-0.15, -0.1) is 0 Å². The average Bonchev–Trinajstić information content (AvgIpc) is 3.31. The van der Waals surface area contributed by atoms with E-state index in [1.165, 1.54) is 12.1 Å². The molecule has 5 rings (SSSR count). The molecule has 2 aromatic carbocycles. The van der Waals surface area contributed by atoms with Crippen LogP contribution in [0.15, 0.2) is 57.9 Å². The number of oxazole rings is 1. The van der Waals surface area contributed by atoms with E-state index in [4.69, 9.17) is 9.25 Å². The van der Waals surface area contributed by atoms with E-state index in [0.29, 0.717) is 17.7 Å². The number of hydrogen-bond acceptors (Lipinski definition) is 5. The highest BCUT2D eigenvalue weighted by Gasteiger charge is 2.30. The molecule has 4 aromatic rings. The maximum absolute atomic E-state index is 13.6. The number of benzene rings is 2. The lowest BCUT2D eigenvalue weighted by molar-refractivity contribution is 0.0580. The third kappa shape index (κ3) is 3.67. The number of H-pyrrole nitrogens is 1. The molecule has 8 heteroatoms. The van der Waals surface area contributed by atoms with Gasteiger partial charge in [-0.3, -0.25) is 9.88 Å². The third-order valence-electron chi connectivity index (χ3n) is 6.07. The van der Waals surface area contributed by atoms with E-state index in [0.717, 1.165) is 36.2 Å². The molecule has 7 nitrogen and oxygen atoms in total. The molecule has 0 bridgehead atoms. The number of aromatic amines is 1. The molecule has 1 aliphatic heterocycles. The van der Waals surface area contributed by atoms with Crippen molar-refractivity contribution < 1.29 is 13.6 Å². The van der Waals surface area contributed by atoms with Gasteiger partial charge in [-0.05, 0) is 44.2 Å². The lowest BCUT2D eigenvalue weighted by atomic mass is 10.1. The fourth-order valence-corrected chi connectivity index (χ4v) is 4.64. The van der Waals surface area contributed by atoms with Crippen molar-refractivity contribution in [1.29, 1.82) is 0 Å². The summed E-state index contributed by atoms with van der Waals surface area (Å²) in [4.78, 5) is 25.0. The predicted octanol–water partition coefficient (Wildman–Crippen LogP) is 3.24. The Balaban J connectivity index is 1.26. The van der Waals surface area contributed by atoms with Crippen LogP contribution in [-0.4, -0.2) is 52.9 Å². The summed E-state index contributed by atoms with van der Waals surface area (Å²) >= 11 is 0. The molecule has 3 heterocycles. The van der Waals surface area contributed by atoms with Gasteiger partial charge in [0, 0.05) is 49.4 Å². The van der Waals surface area contributed by atoms with Crippen molar-refractivity contribution in [2.45, 2.75) is 25.9 Å². The van der Waals surface area contributed by atoms with Crippen molar-refractivity contribution in [2.75, 3.05) is 31.1 Å². The number of hydrogen-bond donors (Lipinski definition) is 1. The molecule has 31 heavy (non-hydrogen) atoms. The minimum Gasteiger partial charge on any atom is -0.412 e. The summed E-state index contributed by atoms with van der Waals surface area (Å²) in [5.41, 5.74) is 2.99. The van der Waals surface area contributed by atoms with Crippen molar-refractivity contribution in [1.82, 2.24) is 14.6 Å². The number of nitrogens with zero attached hydrogens (tertiary/aromatic N) is 3. The van der Waals surface area contributed by atoms with Crippen molar-refractivity contribution in [3.05, 3.63) is 65.0 Å². The summed E-state index contributed by atoms with van der Waals surface area (Å²) in [5, 5.41) is 0.947. The molecule has 0 spiro atoms. The fraction of sp³-hybridized carbons (Fsp3) is 0.348. The molecular weight excluding hydrogens is 399 g/mol. The second-order valence-corrected chi connectivity index (χ2v) is 8.19. The molecule has 0 radical (unpaired) electrons. The zero-order valence-corrected chi connectivity index (χ0v) is 17.5. The van der Waals surface area contributed by atoms with Gasteiger partial charge in [-0.2, -0.15) is 4.73 Å². The lowest BCUT2D eigenvalue weighted by Gasteiger charge is -2.45. The van der Waals surface area contributed by atoms with Crippen molar-refractivity contribution in [3.63, 3.8) is 0 Å². The molecule has 0 saturated carbocycles. The Morgan fingerprint density at radius 2 is 1.97 bits per heavy atom. The summed E-state index contributed by atoms with van der Waals surface area (Å²) in [6, 6.07) is 12.9. The number of rotatable bonds is 5. The van der Waals surface area contributed by atoms with Gasteiger partial charge in [0.05, 0.1) is 16.7 Å². The standard InChI is InChI=1S/C23H25FN4O3/c1-15-13-26(20-5-3-4-19-22(20)31-23(29)25-19)14-16(2)27(15)10-11-30-28-9-8-17-6-7-18(24)12-21(17)28/h3-9,12,15-16H,10-11,13-14H2,1-2H3,(H,25,29)/t15-,16+. The first-order valence-electron chi connectivity index (χ1n) is 10.5. The van der Waals surface area contributed by atoms with Crippen LogP contribution < -0.4 is 15.5 Å². The van der Waals surface area contributed by atoms with Crippen LogP contribution in [0.5, 0.6) is 0 Å². The molecule has 0 unspecified atom stereocenters. The number of piperazine rings is 1. The van der Waals surface area contributed by atoms with Crippen molar-refractivity contribution in [2.24, 2.45) is 0 Å². The normalized spacial score (nSPS) is 20.0. The summed E-state index contributed by atoms with van der Waals surface area (Å²) < 4.78 is 20.6. The van der Waals surface area contributed by atoms with Crippen LogP contribution in [-0.2, 0) is 0 Å². The zero-order valence-electron chi connectivity index (χ0n) is 17.5. The van der Waals surface area contributed by atoms with Gasteiger partial charge >= 0.3 is 5.76 Å². The molecule has 162 valence electrons. The van der Waals surface area contributed by atoms with Gasteiger partial charge in [-0.1, -0.05) is 6.07 Å². The summed E-state index contributed by atoms with van der Waals surface area (Å²) in [5.74, 6) is -0.709. The van der Waals surface area contributed by atoms with E-state index < -0.39 is 5.76 Å². The summed E-state index contributed by atoms with van der Waals surface area (Å²) in [6.07, 6.45) is 1.82. The predicted molar refractivity (Wildman–Crippen MR) is 118 cm³/mol. The second kappa shape index (κ2) is 7.77. The largest absolute Gasteiger partial charge is 0.417 e. The van der Waals surface area contributed by atoms with Gasteiger partial charge in [0.2, 0.25) is 0 Å². The fourth-order valence-electron chi connectivity index (χ4n) is 4.64. The Kier molecular flexibility index (Phi) is 4.94. The Morgan fingerprint density at radius 3 is 2.77 bits per heavy atom. The van der Waals surface area contributed by atoms with Crippen LogP contribution in [0.1, 0.15) is 13.8 Å². The minimum atomic E-state index is -0.434. The van der Waals surface area contributed by atoms with E-state index in [2.05, 4.69) is 28.6 Å². The molecule has 0 amide bonds. The molecule has 2 aromatic heterocycles. The van der Waals surface area contributed by atoms with Crippen molar-refractivity contribution >= 4 is 27.7 Å². The van der Waals surface area contributed by atoms with Crippen LogP contribution >= 0.6 is 0 Å². The van der Waals surface area contributed by atoms with E-state index in [9.17, 15) is 9.18 Å². The van der Waals surface area contributed by atoms with Crippen LogP contribution in [0.3, 0.4) is 0 Å². The molecule has 1 aliphatic rings. The van der Waals surface area contributed by atoms with Crippen molar-refractivity contribution in [3.8, 4) is 0 Å². The Hall–Kier alpha value is -3.26. The van der Waals surface area contributed by atoms with Gasteiger partial charge in [0.15, 0.2) is 5.58 Å². The number of fused-ring (bicyclic) bond motifs is 2. The second-order valence-electron chi connectivity index (χ2n) is 8.19. The Labute approximate surface area is 178 Å². The smallest absolute Gasteiger partial charge is 0.412 e. The molecule has 1 N–H and O–H groups in total. The molecule has 0 aliphatic carbocycles. The van der Waals surface area contributed by atoms with Crippen LogP contribution in [0.25, 0.3) is 22.0 Å². The van der Waals surface area contributed by atoms with Crippen LogP contribution in [0, 0.1) is 5.82 Å². The number of anilines is 1. The quantitative estimate of drug-likeness (QED) is 0.533. The highest BCUT2D eigenvalue weighted by molar-refractivity contribution is 5.86. The van der Waals surface area contributed by atoms with E-state index in [-0.39, 0.29) is 17.9 Å². The Bertz CT molecular complexity index is 1260. The maximum Gasteiger partial charge on any atom is 0.417 e. The maximum atomic E-state index is 13.6. The van der Waals surface area contributed by atoms with Gasteiger partial charge < -0.3 is 14.2 Å². The first-order chi connectivity index (χ1) is 15.0. The topological polar surface area (TPSA) is 66.6 Å². The summed E-state index contributed by atoms with van der Waals surface area (Å²) in [6.45, 7) is 7.27. The number of para-hydroxylation sites is 1. The zero-order chi connectivity index (χ0) is 21.5. The highest BCUT2D eigenvalue weighted by atomic mass is 19.1. The molecule has 2 atom stereocenters. The van der Waals surface area contributed by atoms with E-state index in [1.807, 2.05) is 30.5 Å². The van der Waals surface area contributed by atoms with Crippen LogP contribution in [0.2, 0.25) is 0 Å². The Morgan fingerprint density at radius 1 is 1.16 bits per heavy atom. The van der Waals surface area contributed by atoms with Gasteiger partial charge in [-0.25, -0.2) is 9.18 Å². The van der Waals surface area contributed by atoms with Gasteiger partial charge in [0.1, 0.15) is 12.4 Å². The summed E-state index contributed by atoms with van der Waals surface area (Å²) in [7, 11) is 0. The SMILES string of the molecule is C[C@@H]1CN(c2cccc3[nH]c(=O)oc23)C[C@H](C)N1CCOn1ccc2ccc(F)cc21. The van der Waals surface area contributed by atoms with Gasteiger partial charge in [0.25, 0.3) is 0 Å². The number of aromatic nitrogens is 2. The van der Waals surface area contributed by atoms with E-state index in [1.54, 1.807) is 10.8 Å². The highest BCUT2D eigenvalue weighted by Crippen LogP contribution is 2.28. The number of halogens is 1. The lowest BCUT2D eigenvalue weighted by Crippen LogP contribution is -2.57. The molecule has 1 saturated heterocycles. The minimum absolute atomic E-state index is 0.275. The monoisotopic (exact) mass is 424 g/mol. The first-order valence-corrected chi connectivity index (χ1v) is 10.5.